The maximum absolute atomic E-state index is 13.8. The van der Waals surface area contributed by atoms with Gasteiger partial charge in [-0.25, -0.2) is 21.6 Å². The van der Waals surface area contributed by atoms with Gasteiger partial charge in [0.2, 0.25) is 10.0 Å². The summed E-state index contributed by atoms with van der Waals surface area (Å²) in [5.74, 6) is 0.228. The molecule has 9 nitrogen and oxygen atoms in total. The Morgan fingerprint density at radius 3 is 2.63 bits per heavy atom. The third-order valence-corrected chi connectivity index (χ3v) is 15.9. The first kappa shape index (κ1) is 36.2. The summed E-state index contributed by atoms with van der Waals surface area (Å²) in [6.45, 7) is 6.71. The van der Waals surface area contributed by atoms with Gasteiger partial charge in [-0.05, 0) is 125 Å². The van der Waals surface area contributed by atoms with Crippen molar-refractivity contribution in [3.8, 4) is 5.75 Å². The Morgan fingerprint density at radius 2 is 1.92 bits per heavy atom. The molecule has 2 aliphatic heterocycles. The summed E-state index contributed by atoms with van der Waals surface area (Å²) in [5.41, 5.74) is 3.16. The number of anilines is 1. The number of fused-ring (bicyclic) bond motifs is 4. The molecule has 1 amide bonds. The number of ether oxygens (including phenoxy) is 2. The number of sulfone groups is 1. The Hall–Kier alpha value is -2.60. The minimum Gasteiger partial charge on any atom is -0.490 e. The lowest BCUT2D eigenvalue weighted by Crippen LogP contribution is -2.49. The number of carbonyl (C=O) groups excluding carboxylic acids is 1. The van der Waals surface area contributed by atoms with Crippen LogP contribution in [0.4, 0.5) is 5.69 Å². The summed E-state index contributed by atoms with van der Waals surface area (Å²) in [6.07, 6.45) is 9.26. The van der Waals surface area contributed by atoms with Crippen molar-refractivity contribution >= 4 is 43.1 Å². The van der Waals surface area contributed by atoms with Crippen LogP contribution in [0.25, 0.3) is 0 Å². The van der Waals surface area contributed by atoms with Crippen LogP contribution in [-0.4, -0.2) is 71.4 Å². The summed E-state index contributed by atoms with van der Waals surface area (Å²) in [6, 6.07) is 11.3. The monoisotopic (exact) mass is 732 g/mol. The Labute approximate surface area is 296 Å². The zero-order chi connectivity index (χ0) is 35.2. The van der Waals surface area contributed by atoms with Crippen molar-refractivity contribution in [3.63, 3.8) is 0 Å². The lowest BCUT2D eigenvalue weighted by Gasteiger charge is -2.46. The Kier molecular flexibility index (Phi) is 10.2. The zero-order valence-corrected chi connectivity index (χ0v) is 31.3. The molecule has 0 saturated heterocycles. The van der Waals surface area contributed by atoms with E-state index >= 15 is 0 Å². The van der Waals surface area contributed by atoms with Gasteiger partial charge < -0.3 is 14.4 Å². The predicted octanol–water partition coefficient (Wildman–Crippen LogP) is 6.24. The average Bonchev–Trinajstić information content (AvgIpc) is 3.17. The van der Waals surface area contributed by atoms with E-state index in [1.165, 1.54) is 11.1 Å². The standard InChI is InChI=1S/C37H49ClN2O7S2/c1-36(2,3)48(42,43)19-17-29-9-5-6-10-33(46-4)30-14-11-27(30)22-40-23-37(18-7-8-25-20-28(38)13-15-31(25)37)24-47-34-16-12-26(21-32(34)40)35(41)39-49(29,44)45/h6,10,12-13,15-16,20-21,27,29-30,33H,5,7-9,11,14,17-19,22-24H2,1-4H3,(H,39,41)/b10-6+/t27-,29+,30+,33-,37-/m0/s1. The van der Waals surface area contributed by atoms with Gasteiger partial charge in [-0.15, -0.1) is 0 Å². The highest BCUT2D eigenvalue weighted by Crippen LogP contribution is 2.47. The van der Waals surface area contributed by atoms with Crippen LogP contribution < -0.4 is 14.4 Å². The number of methoxy groups -OCH3 is 1. The molecule has 6 rings (SSSR count). The maximum atomic E-state index is 13.8. The summed E-state index contributed by atoms with van der Waals surface area (Å²) >= 11 is 6.42. The van der Waals surface area contributed by atoms with Crippen LogP contribution in [0.3, 0.4) is 0 Å². The molecule has 12 heteroatoms. The highest BCUT2D eigenvalue weighted by molar-refractivity contribution is 7.93. The normalized spacial score (nSPS) is 29.4. The topological polar surface area (TPSA) is 119 Å². The van der Waals surface area contributed by atoms with E-state index in [2.05, 4.69) is 21.8 Å². The number of benzene rings is 2. The zero-order valence-electron chi connectivity index (χ0n) is 28.9. The molecule has 268 valence electrons. The summed E-state index contributed by atoms with van der Waals surface area (Å²) in [4.78, 5) is 16.0. The van der Waals surface area contributed by atoms with Crippen molar-refractivity contribution in [2.75, 3.05) is 37.5 Å². The molecule has 0 aromatic heterocycles. The minimum absolute atomic E-state index is 0.116. The van der Waals surface area contributed by atoms with Gasteiger partial charge in [0.15, 0.2) is 9.84 Å². The van der Waals surface area contributed by atoms with E-state index < -0.39 is 35.8 Å². The number of halogens is 1. The van der Waals surface area contributed by atoms with Crippen LogP contribution >= 0.6 is 11.6 Å². The Morgan fingerprint density at radius 1 is 1.12 bits per heavy atom. The molecule has 1 spiro atoms. The number of nitrogens with one attached hydrogen (secondary N) is 1. The van der Waals surface area contributed by atoms with Crippen LogP contribution in [0, 0.1) is 11.8 Å². The second kappa shape index (κ2) is 13.8. The molecule has 0 unspecified atom stereocenters. The van der Waals surface area contributed by atoms with Crippen LogP contribution in [0.2, 0.25) is 5.02 Å². The highest BCUT2D eigenvalue weighted by Gasteiger charge is 2.44. The second-order valence-corrected chi connectivity index (χ2v) is 20.6. The smallest absolute Gasteiger partial charge is 0.264 e. The van der Waals surface area contributed by atoms with Crippen molar-refractivity contribution in [1.29, 1.82) is 0 Å². The lowest BCUT2D eigenvalue weighted by molar-refractivity contribution is 0.0132. The van der Waals surface area contributed by atoms with E-state index in [9.17, 15) is 21.6 Å². The van der Waals surface area contributed by atoms with Gasteiger partial charge >= 0.3 is 0 Å². The quantitative estimate of drug-likeness (QED) is 0.368. The fourth-order valence-electron chi connectivity index (χ4n) is 8.02. The molecule has 5 atom stereocenters. The molecule has 49 heavy (non-hydrogen) atoms. The SMILES string of the molecule is CO[C@H]1/C=C/CC[C@H](CCS(=O)(=O)C(C)(C)C)S(=O)(=O)NC(=O)c2ccc3c(c2)N(C[C@@H]2CC[C@H]21)C[C@@]1(CCCc2cc(Cl)ccc21)CO3. The van der Waals surface area contributed by atoms with Crippen molar-refractivity contribution in [2.45, 2.75) is 93.7 Å². The van der Waals surface area contributed by atoms with Gasteiger partial charge in [-0.3, -0.25) is 4.79 Å². The number of hydrogen-bond donors (Lipinski definition) is 1. The van der Waals surface area contributed by atoms with Crippen molar-refractivity contribution in [1.82, 2.24) is 4.72 Å². The lowest BCUT2D eigenvalue weighted by atomic mass is 9.68. The summed E-state index contributed by atoms with van der Waals surface area (Å²) in [5, 5.41) is -0.359. The highest BCUT2D eigenvalue weighted by atomic mass is 35.5. The van der Waals surface area contributed by atoms with Crippen LogP contribution in [-0.2, 0) is 36.4 Å². The molecule has 2 aromatic rings. The van der Waals surface area contributed by atoms with E-state index in [1.54, 1.807) is 46.1 Å². The van der Waals surface area contributed by atoms with Gasteiger partial charge in [0.1, 0.15) is 5.75 Å². The number of carbonyl (C=O) groups is 1. The van der Waals surface area contributed by atoms with E-state index in [4.69, 9.17) is 21.1 Å². The van der Waals surface area contributed by atoms with Crippen LogP contribution in [0.5, 0.6) is 5.75 Å². The van der Waals surface area contributed by atoms with Gasteiger partial charge in [-0.1, -0.05) is 29.8 Å². The molecule has 4 aliphatic rings. The molecule has 2 bridgehead atoms. The molecular weight excluding hydrogens is 684 g/mol. The van der Waals surface area contributed by atoms with Gasteiger partial charge in [0, 0.05) is 36.2 Å². The molecule has 2 aliphatic carbocycles. The molecular formula is C37H49ClN2O7S2. The van der Waals surface area contributed by atoms with E-state index in [0.717, 1.165) is 49.4 Å². The van der Waals surface area contributed by atoms with Crippen molar-refractivity contribution in [3.05, 3.63) is 70.3 Å². The number of allylic oxidation sites excluding steroid dienone is 1. The second-order valence-electron chi connectivity index (χ2n) is 15.3. The molecule has 1 saturated carbocycles. The minimum atomic E-state index is -4.23. The Bertz CT molecular complexity index is 1820. The molecule has 0 radical (unpaired) electrons. The molecule has 2 heterocycles. The van der Waals surface area contributed by atoms with E-state index in [1.807, 2.05) is 18.2 Å². The molecule has 2 aromatic carbocycles. The van der Waals surface area contributed by atoms with Gasteiger partial charge in [0.05, 0.1) is 34.1 Å². The van der Waals surface area contributed by atoms with Crippen molar-refractivity contribution < 1.29 is 31.1 Å². The van der Waals surface area contributed by atoms with E-state index in [-0.39, 0.29) is 41.6 Å². The van der Waals surface area contributed by atoms with Crippen LogP contribution in [0.1, 0.15) is 87.2 Å². The largest absolute Gasteiger partial charge is 0.490 e. The van der Waals surface area contributed by atoms with Crippen molar-refractivity contribution in [2.24, 2.45) is 11.8 Å². The first-order chi connectivity index (χ1) is 23.1. The van der Waals surface area contributed by atoms with Gasteiger partial charge in [-0.2, -0.15) is 0 Å². The number of hydrogen-bond acceptors (Lipinski definition) is 8. The Balaban J connectivity index is 1.38. The van der Waals surface area contributed by atoms with Gasteiger partial charge in [0.25, 0.3) is 5.91 Å². The maximum Gasteiger partial charge on any atom is 0.264 e. The summed E-state index contributed by atoms with van der Waals surface area (Å²) in [7, 11) is -6.10. The fourth-order valence-corrected chi connectivity index (χ4v) is 11.0. The third kappa shape index (κ3) is 7.41. The fraction of sp³-hybridized carbons (Fsp3) is 0.595. The first-order valence-corrected chi connectivity index (χ1v) is 21.0. The number of rotatable bonds is 4. The number of nitrogens with zero attached hydrogens (tertiary/aromatic N) is 1. The summed E-state index contributed by atoms with van der Waals surface area (Å²) < 4.78 is 67.3. The number of sulfonamides is 1. The number of amides is 1. The molecule has 1 N–H and O–H groups in total. The van der Waals surface area contributed by atoms with Crippen LogP contribution in [0.15, 0.2) is 48.6 Å². The molecule has 1 fully saturated rings. The number of aryl methyl sites for hydroxylation is 1. The predicted molar refractivity (Wildman–Crippen MR) is 194 cm³/mol. The third-order valence-electron chi connectivity index (χ3n) is 11.2. The average molecular weight is 733 g/mol. The first-order valence-electron chi connectivity index (χ1n) is 17.4. The van der Waals surface area contributed by atoms with E-state index in [0.29, 0.717) is 31.2 Å².